The van der Waals surface area contributed by atoms with Gasteiger partial charge in [-0.05, 0) is 46.9 Å². The normalized spacial score (nSPS) is 10.1. The maximum absolute atomic E-state index is 10.9. The molecule has 0 radical (unpaired) electrons. The number of carboxylic acids is 1. The third-order valence-electron chi connectivity index (χ3n) is 2.41. The zero-order valence-electron chi connectivity index (χ0n) is 10.0. The first kappa shape index (κ1) is 14.3. The number of nitrogens with two attached hydrogens (primary N) is 1. The number of carbonyl (C=O) groups excluding carboxylic acids is 1. The summed E-state index contributed by atoms with van der Waals surface area (Å²) in [5.74, 6) is -0.991. The zero-order chi connectivity index (χ0) is 14.7. The fourth-order valence-corrected chi connectivity index (χ4v) is 1.86. The molecule has 1 aromatic carbocycles. The summed E-state index contributed by atoms with van der Waals surface area (Å²) in [6.45, 7) is 0. The second-order valence-electron chi connectivity index (χ2n) is 3.80. The Bertz CT molecular complexity index is 671. The van der Waals surface area contributed by atoms with Gasteiger partial charge in [0, 0.05) is 12.3 Å². The second kappa shape index (κ2) is 5.87. The first-order chi connectivity index (χ1) is 9.47. The van der Waals surface area contributed by atoms with Crippen molar-refractivity contribution in [3.63, 3.8) is 0 Å². The highest BCUT2D eigenvalue weighted by atomic mass is 127. The van der Waals surface area contributed by atoms with Gasteiger partial charge in [-0.2, -0.15) is 0 Å². The SMILES string of the molecule is NC(=O)c1ccc(Oc2cc(C(=O)O)ccc2I)nc1. The van der Waals surface area contributed by atoms with Gasteiger partial charge in [0.05, 0.1) is 14.7 Å². The van der Waals surface area contributed by atoms with Gasteiger partial charge in [-0.15, -0.1) is 0 Å². The summed E-state index contributed by atoms with van der Waals surface area (Å²) in [4.78, 5) is 25.8. The van der Waals surface area contributed by atoms with Crippen LogP contribution in [0, 0.1) is 3.57 Å². The molecule has 20 heavy (non-hydrogen) atoms. The first-order valence-electron chi connectivity index (χ1n) is 5.44. The third-order valence-corrected chi connectivity index (χ3v) is 3.30. The highest BCUT2D eigenvalue weighted by Gasteiger charge is 2.10. The molecule has 0 saturated heterocycles. The van der Waals surface area contributed by atoms with E-state index in [-0.39, 0.29) is 17.0 Å². The van der Waals surface area contributed by atoms with Crippen LogP contribution in [0.3, 0.4) is 0 Å². The molecule has 1 aromatic heterocycles. The fourth-order valence-electron chi connectivity index (χ4n) is 1.41. The van der Waals surface area contributed by atoms with Crippen molar-refractivity contribution >= 4 is 34.5 Å². The number of halogens is 1. The number of pyridine rings is 1. The molecular formula is C13H9IN2O4. The lowest BCUT2D eigenvalue weighted by Gasteiger charge is -2.08. The summed E-state index contributed by atoms with van der Waals surface area (Å²) in [6.07, 6.45) is 1.30. The second-order valence-corrected chi connectivity index (χ2v) is 4.96. The number of amides is 1. The van der Waals surface area contributed by atoms with E-state index in [9.17, 15) is 9.59 Å². The van der Waals surface area contributed by atoms with Crippen molar-refractivity contribution in [2.75, 3.05) is 0 Å². The Balaban J connectivity index is 2.27. The average Bonchev–Trinajstić information content (AvgIpc) is 2.41. The molecule has 0 aliphatic rings. The van der Waals surface area contributed by atoms with Crippen LogP contribution in [-0.4, -0.2) is 22.0 Å². The Labute approximate surface area is 127 Å². The van der Waals surface area contributed by atoms with Crippen LogP contribution in [0.4, 0.5) is 0 Å². The molecule has 0 aliphatic carbocycles. The predicted octanol–water partition coefficient (Wildman–Crippen LogP) is 2.28. The molecule has 0 bridgehead atoms. The molecule has 0 saturated carbocycles. The van der Waals surface area contributed by atoms with Crippen LogP contribution in [0.1, 0.15) is 20.7 Å². The van der Waals surface area contributed by atoms with Gasteiger partial charge < -0.3 is 15.6 Å². The number of hydrogen-bond donors (Lipinski definition) is 2. The van der Waals surface area contributed by atoms with Crippen LogP contribution in [0.25, 0.3) is 0 Å². The minimum Gasteiger partial charge on any atom is -0.478 e. The van der Waals surface area contributed by atoms with E-state index >= 15 is 0 Å². The standard InChI is InChI=1S/C13H9IN2O4/c14-9-3-1-7(13(18)19)5-10(9)20-11-4-2-8(6-16-11)12(15)17/h1-6H,(H2,15,17)(H,18,19). The smallest absolute Gasteiger partial charge is 0.335 e. The maximum atomic E-state index is 10.9. The molecule has 2 aromatic rings. The number of carbonyl (C=O) groups is 2. The quantitative estimate of drug-likeness (QED) is 0.788. The van der Waals surface area contributed by atoms with Crippen molar-refractivity contribution in [1.82, 2.24) is 4.98 Å². The summed E-state index contributed by atoms with van der Waals surface area (Å²) in [5.41, 5.74) is 5.50. The van der Waals surface area contributed by atoms with E-state index in [1.165, 1.54) is 30.5 Å². The van der Waals surface area contributed by atoms with Crippen LogP contribution in [0.5, 0.6) is 11.6 Å². The van der Waals surface area contributed by atoms with Crippen LogP contribution in [0.15, 0.2) is 36.5 Å². The van der Waals surface area contributed by atoms with Crippen molar-refractivity contribution < 1.29 is 19.4 Å². The number of benzene rings is 1. The van der Waals surface area contributed by atoms with E-state index in [0.717, 1.165) is 3.57 Å². The summed E-state index contributed by atoms with van der Waals surface area (Å²) in [7, 11) is 0. The molecule has 2 rings (SSSR count). The monoisotopic (exact) mass is 384 g/mol. The maximum Gasteiger partial charge on any atom is 0.335 e. The van der Waals surface area contributed by atoms with Gasteiger partial charge >= 0.3 is 5.97 Å². The van der Waals surface area contributed by atoms with E-state index in [1.807, 2.05) is 22.6 Å². The van der Waals surface area contributed by atoms with Gasteiger partial charge in [-0.1, -0.05) is 0 Å². The first-order valence-corrected chi connectivity index (χ1v) is 6.52. The largest absolute Gasteiger partial charge is 0.478 e. The van der Waals surface area contributed by atoms with Crippen molar-refractivity contribution in [1.29, 1.82) is 0 Å². The molecule has 0 fully saturated rings. The zero-order valence-corrected chi connectivity index (χ0v) is 12.2. The van der Waals surface area contributed by atoms with Crippen LogP contribution in [0.2, 0.25) is 0 Å². The predicted molar refractivity (Wildman–Crippen MR) is 78.9 cm³/mol. The average molecular weight is 384 g/mol. The van der Waals surface area contributed by atoms with Crippen LogP contribution in [-0.2, 0) is 0 Å². The molecule has 1 heterocycles. The highest BCUT2D eigenvalue weighted by Crippen LogP contribution is 2.26. The Morgan fingerprint density at radius 3 is 2.45 bits per heavy atom. The molecule has 0 unspecified atom stereocenters. The van der Waals surface area contributed by atoms with Crippen molar-refractivity contribution in [2.45, 2.75) is 0 Å². The van der Waals surface area contributed by atoms with Gasteiger partial charge in [-0.25, -0.2) is 9.78 Å². The van der Waals surface area contributed by atoms with Crippen LogP contribution >= 0.6 is 22.6 Å². The summed E-state index contributed by atoms with van der Waals surface area (Å²) in [5, 5.41) is 8.94. The molecule has 102 valence electrons. The summed E-state index contributed by atoms with van der Waals surface area (Å²) in [6, 6.07) is 7.51. The number of primary amides is 1. The number of hydrogen-bond acceptors (Lipinski definition) is 4. The number of nitrogens with zero attached hydrogens (tertiary/aromatic N) is 1. The molecule has 0 aliphatic heterocycles. The Kier molecular flexibility index (Phi) is 4.18. The number of aromatic carboxylic acids is 1. The lowest BCUT2D eigenvalue weighted by atomic mass is 10.2. The lowest BCUT2D eigenvalue weighted by molar-refractivity contribution is 0.0696. The van der Waals surface area contributed by atoms with E-state index in [2.05, 4.69) is 4.98 Å². The van der Waals surface area contributed by atoms with E-state index in [1.54, 1.807) is 6.07 Å². The molecule has 3 N–H and O–H groups in total. The Morgan fingerprint density at radius 2 is 1.90 bits per heavy atom. The lowest BCUT2D eigenvalue weighted by Crippen LogP contribution is -2.10. The van der Waals surface area contributed by atoms with Gasteiger partial charge in [-0.3, -0.25) is 4.79 Å². The van der Waals surface area contributed by atoms with E-state index < -0.39 is 11.9 Å². The van der Waals surface area contributed by atoms with Crippen LogP contribution < -0.4 is 10.5 Å². The van der Waals surface area contributed by atoms with Gasteiger partial charge in [0.1, 0.15) is 5.75 Å². The van der Waals surface area contributed by atoms with Crippen molar-refractivity contribution in [3.8, 4) is 11.6 Å². The molecule has 1 amide bonds. The van der Waals surface area contributed by atoms with Crippen molar-refractivity contribution in [3.05, 3.63) is 51.2 Å². The topological polar surface area (TPSA) is 103 Å². The number of aromatic nitrogens is 1. The molecular weight excluding hydrogens is 375 g/mol. The molecule has 6 nitrogen and oxygen atoms in total. The van der Waals surface area contributed by atoms with Gasteiger partial charge in [0.25, 0.3) is 0 Å². The van der Waals surface area contributed by atoms with Crippen molar-refractivity contribution in [2.24, 2.45) is 5.73 Å². The third kappa shape index (κ3) is 3.23. The Hall–Kier alpha value is -2.16. The van der Waals surface area contributed by atoms with E-state index in [0.29, 0.717) is 5.75 Å². The molecule has 7 heteroatoms. The van der Waals surface area contributed by atoms with Gasteiger partial charge in [0.15, 0.2) is 0 Å². The molecule has 0 spiro atoms. The van der Waals surface area contributed by atoms with Gasteiger partial charge in [0.2, 0.25) is 11.8 Å². The number of carboxylic acid groups (broad SMARTS) is 1. The summed E-state index contributed by atoms with van der Waals surface area (Å²) >= 11 is 2.02. The number of ether oxygens (including phenoxy) is 1. The summed E-state index contributed by atoms with van der Waals surface area (Å²) < 4.78 is 6.24. The Morgan fingerprint density at radius 1 is 1.20 bits per heavy atom. The minimum absolute atomic E-state index is 0.120. The van der Waals surface area contributed by atoms with E-state index in [4.69, 9.17) is 15.6 Å². The highest BCUT2D eigenvalue weighted by molar-refractivity contribution is 14.1. The molecule has 0 atom stereocenters. The fraction of sp³-hybridized carbons (Fsp3) is 0. The number of rotatable bonds is 4. The minimum atomic E-state index is -1.04.